The van der Waals surface area contributed by atoms with Crippen molar-refractivity contribution in [3.63, 3.8) is 0 Å². The minimum absolute atomic E-state index is 0.000947. The van der Waals surface area contributed by atoms with E-state index in [0.29, 0.717) is 31.5 Å². The van der Waals surface area contributed by atoms with Crippen molar-refractivity contribution in [3.8, 4) is 11.8 Å². The summed E-state index contributed by atoms with van der Waals surface area (Å²) >= 11 is 0. The Morgan fingerprint density at radius 1 is 1.16 bits per heavy atom. The van der Waals surface area contributed by atoms with Crippen LogP contribution in [-0.2, 0) is 13.0 Å². The largest absolute Gasteiger partial charge is 0.393 e. The first-order chi connectivity index (χ1) is 18.1. The summed E-state index contributed by atoms with van der Waals surface area (Å²) < 4.78 is 43.9. The van der Waals surface area contributed by atoms with E-state index in [1.54, 1.807) is 19.2 Å². The van der Waals surface area contributed by atoms with Gasteiger partial charge >= 0.3 is 5.69 Å². The van der Waals surface area contributed by atoms with Gasteiger partial charge in [0.15, 0.2) is 17.5 Å². The zero-order valence-electron chi connectivity index (χ0n) is 20.8. The molecule has 0 bridgehead atoms. The predicted molar refractivity (Wildman–Crippen MR) is 133 cm³/mol. The maximum atomic E-state index is 14.1. The molecule has 1 saturated carbocycles. The zero-order valence-corrected chi connectivity index (χ0v) is 20.8. The predicted octanol–water partition coefficient (Wildman–Crippen LogP) is 2.98. The minimum Gasteiger partial charge on any atom is -0.393 e. The van der Waals surface area contributed by atoms with Crippen molar-refractivity contribution in [3.05, 3.63) is 85.6 Å². The second-order valence-corrected chi connectivity index (χ2v) is 10.3. The summed E-state index contributed by atoms with van der Waals surface area (Å²) in [7, 11) is 0. The van der Waals surface area contributed by atoms with Crippen LogP contribution >= 0.6 is 0 Å². The first-order valence-corrected chi connectivity index (χ1v) is 12.4. The molecule has 198 valence electrons. The monoisotopic (exact) mass is 525 g/mol. The molecular formula is C27H26F3N5O3. The van der Waals surface area contributed by atoms with Gasteiger partial charge in [-0.2, -0.15) is 5.26 Å². The van der Waals surface area contributed by atoms with Crippen LogP contribution in [0.25, 0.3) is 5.69 Å². The topological polar surface area (TPSA) is 104 Å². The summed E-state index contributed by atoms with van der Waals surface area (Å²) in [4.78, 5) is 33.6. The Morgan fingerprint density at radius 3 is 2.53 bits per heavy atom. The van der Waals surface area contributed by atoms with E-state index >= 15 is 0 Å². The van der Waals surface area contributed by atoms with Crippen molar-refractivity contribution < 1.29 is 18.3 Å². The van der Waals surface area contributed by atoms with Gasteiger partial charge in [0.25, 0.3) is 5.56 Å². The lowest BCUT2D eigenvalue weighted by atomic mass is 9.85. The van der Waals surface area contributed by atoms with Gasteiger partial charge in [0.05, 0.1) is 29.6 Å². The third-order valence-electron chi connectivity index (χ3n) is 7.60. The quantitative estimate of drug-likeness (QED) is 0.514. The van der Waals surface area contributed by atoms with Gasteiger partial charge in [-0.1, -0.05) is 0 Å². The van der Waals surface area contributed by atoms with Crippen molar-refractivity contribution in [2.45, 2.75) is 51.7 Å². The van der Waals surface area contributed by atoms with Crippen molar-refractivity contribution in [2.75, 3.05) is 18.0 Å². The van der Waals surface area contributed by atoms with Crippen LogP contribution in [0.5, 0.6) is 0 Å². The maximum absolute atomic E-state index is 14.1. The molecule has 1 spiro atoms. The summed E-state index contributed by atoms with van der Waals surface area (Å²) in [5, 5.41) is 19.8. The van der Waals surface area contributed by atoms with Gasteiger partial charge in [-0.15, -0.1) is 0 Å². The first kappa shape index (κ1) is 25.7. The number of aliphatic hydroxyl groups excluding tert-OH is 1. The Hall–Kier alpha value is -3.91. The average Bonchev–Trinajstić information content (AvgIpc) is 3.45. The number of anilines is 1. The number of hydrogen-bond donors (Lipinski definition) is 1. The summed E-state index contributed by atoms with van der Waals surface area (Å²) in [6.45, 7) is 2.28. The van der Waals surface area contributed by atoms with Crippen LogP contribution in [-0.4, -0.2) is 38.4 Å². The highest BCUT2D eigenvalue weighted by Crippen LogP contribution is 2.46. The molecule has 1 aliphatic heterocycles. The third kappa shape index (κ3) is 4.49. The molecule has 2 fully saturated rings. The number of hydrogen-bond acceptors (Lipinski definition) is 6. The van der Waals surface area contributed by atoms with E-state index in [0.717, 1.165) is 29.5 Å². The number of aromatic nitrogens is 3. The Labute approximate surface area is 216 Å². The lowest BCUT2D eigenvalue weighted by Gasteiger charge is -2.28. The van der Waals surface area contributed by atoms with Crippen LogP contribution in [0.1, 0.15) is 42.4 Å². The Kier molecular flexibility index (Phi) is 6.61. The number of aryl methyl sites for hydroxylation is 1. The molecular weight excluding hydrogens is 499 g/mol. The lowest BCUT2D eigenvalue weighted by molar-refractivity contribution is 0.164. The fraction of sp³-hybridized carbons (Fsp3) is 0.407. The molecule has 2 atom stereocenters. The molecule has 2 aromatic heterocycles. The molecule has 11 heteroatoms. The third-order valence-corrected chi connectivity index (χ3v) is 7.60. The number of rotatable bonds is 5. The smallest absolute Gasteiger partial charge is 0.338 e. The highest BCUT2D eigenvalue weighted by molar-refractivity contribution is 5.52. The summed E-state index contributed by atoms with van der Waals surface area (Å²) in [5.41, 5.74) is -0.741. The van der Waals surface area contributed by atoms with Gasteiger partial charge in [0.1, 0.15) is 12.4 Å². The molecule has 38 heavy (non-hydrogen) atoms. The SMILES string of the molecule is Cc1cncc(-n2c(=O)c(Cc3cc(F)c(F)c(F)c3)c(N3CCC4(CCC(O)C4)C3)n(CC#N)c2=O)c1. The summed E-state index contributed by atoms with van der Waals surface area (Å²) in [6.07, 6.45) is 4.91. The van der Waals surface area contributed by atoms with Crippen LogP contribution in [0.4, 0.5) is 19.0 Å². The molecule has 1 aromatic carbocycles. The van der Waals surface area contributed by atoms with Gasteiger partial charge in [0, 0.05) is 25.7 Å². The van der Waals surface area contributed by atoms with Crippen molar-refractivity contribution in [2.24, 2.45) is 5.41 Å². The highest BCUT2D eigenvalue weighted by Gasteiger charge is 2.45. The van der Waals surface area contributed by atoms with Gasteiger partial charge in [-0.25, -0.2) is 22.5 Å². The molecule has 0 amide bonds. The van der Waals surface area contributed by atoms with Crippen LogP contribution in [0, 0.1) is 41.1 Å². The molecule has 3 heterocycles. The number of halogens is 3. The molecule has 0 radical (unpaired) electrons. The van der Waals surface area contributed by atoms with Crippen LogP contribution < -0.4 is 16.1 Å². The van der Waals surface area contributed by atoms with E-state index in [1.165, 1.54) is 10.8 Å². The fourth-order valence-corrected chi connectivity index (χ4v) is 5.89. The fourth-order valence-electron chi connectivity index (χ4n) is 5.89. The molecule has 1 aliphatic carbocycles. The molecule has 2 unspecified atom stereocenters. The van der Waals surface area contributed by atoms with Crippen molar-refractivity contribution >= 4 is 5.82 Å². The number of benzene rings is 1. The number of pyridine rings is 1. The van der Waals surface area contributed by atoms with Crippen molar-refractivity contribution in [1.29, 1.82) is 5.26 Å². The van der Waals surface area contributed by atoms with E-state index < -0.39 is 34.8 Å². The van der Waals surface area contributed by atoms with E-state index in [-0.39, 0.29) is 41.0 Å². The second-order valence-electron chi connectivity index (χ2n) is 10.3. The Balaban J connectivity index is 1.74. The van der Waals surface area contributed by atoms with Gasteiger partial charge in [0.2, 0.25) is 0 Å². The Bertz CT molecular complexity index is 1550. The number of aliphatic hydroxyl groups is 1. The van der Waals surface area contributed by atoms with Gasteiger partial charge < -0.3 is 10.0 Å². The maximum Gasteiger partial charge on any atom is 0.338 e. The Morgan fingerprint density at radius 2 is 1.89 bits per heavy atom. The molecule has 1 saturated heterocycles. The molecule has 2 aliphatic rings. The van der Waals surface area contributed by atoms with Gasteiger partial charge in [-0.3, -0.25) is 14.3 Å². The van der Waals surface area contributed by atoms with Gasteiger partial charge in [-0.05, 0) is 67.3 Å². The van der Waals surface area contributed by atoms with Crippen LogP contribution in [0.15, 0.2) is 40.2 Å². The average molecular weight is 526 g/mol. The minimum atomic E-state index is -1.62. The highest BCUT2D eigenvalue weighted by atomic mass is 19.2. The number of nitriles is 1. The molecule has 3 aromatic rings. The lowest BCUT2D eigenvalue weighted by Crippen LogP contribution is -2.44. The normalized spacial score (nSPS) is 20.8. The zero-order chi connectivity index (χ0) is 27.2. The van der Waals surface area contributed by atoms with Crippen LogP contribution in [0.2, 0.25) is 0 Å². The first-order valence-electron chi connectivity index (χ1n) is 12.4. The summed E-state index contributed by atoms with van der Waals surface area (Å²) in [5.74, 6) is -4.21. The molecule has 5 rings (SSSR count). The van der Waals surface area contributed by atoms with E-state index in [4.69, 9.17) is 0 Å². The van der Waals surface area contributed by atoms with E-state index in [2.05, 4.69) is 4.98 Å². The van der Waals surface area contributed by atoms with Crippen molar-refractivity contribution in [1.82, 2.24) is 14.1 Å². The standard InChI is InChI=1S/C27H26F3N5O3/c1-16-8-18(14-32-13-16)35-25(37)20(9-17-10-21(28)23(30)22(29)11-17)24(34(7-5-31)26(35)38)33-6-4-27(15-33)3-2-19(36)12-27/h8,10-11,13-14,19,36H,2-4,6-7,9,12,15H2,1H3. The van der Waals surface area contributed by atoms with E-state index in [1.807, 2.05) is 11.0 Å². The van der Waals surface area contributed by atoms with Crippen LogP contribution in [0.3, 0.4) is 0 Å². The molecule has 1 N–H and O–H groups in total. The second kappa shape index (κ2) is 9.76. The molecule has 8 nitrogen and oxygen atoms in total. The van der Waals surface area contributed by atoms with E-state index in [9.17, 15) is 33.1 Å². The summed E-state index contributed by atoms with van der Waals surface area (Å²) in [6, 6.07) is 5.21. The number of nitrogens with zero attached hydrogens (tertiary/aromatic N) is 5.